The number of benzene rings is 2. The van der Waals surface area contributed by atoms with Crippen molar-refractivity contribution in [2.24, 2.45) is 0 Å². The first-order chi connectivity index (χ1) is 14.5. The molecule has 0 atom stereocenters. The van der Waals surface area contributed by atoms with Gasteiger partial charge in [-0.15, -0.1) is 23.5 Å². The minimum atomic E-state index is -1.03. The van der Waals surface area contributed by atoms with Crippen molar-refractivity contribution in [3.05, 3.63) is 70.2 Å². The average Bonchev–Trinajstić information content (AvgIpc) is 2.77. The maximum atomic E-state index is 12.0. The van der Waals surface area contributed by atoms with Gasteiger partial charge < -0.3 is 9.84 Å². The van der Waals surface area contributed by atoms with Crippen molar-refractivity contribution >= 4 is 52.9 Å². The van der Waals surface area contributed by atoms with Gasteiger partial charge in [0.25, 0.3) is 0 Å². The molecule has 156 valence electrons. The molecule has 0 amide bonds. The number of thioether (sulfide) groups is 3. The Hall–Kier alpha value is -1.87. The number of ether oxygens (including phenoxy) is 1. The Bertz CT molecular complexity index is 1020. The van der Waals surface area contributed by atoms with Gasteiger partial charge in [0.05, 0.1) is 7.11 Å². The number of hydrogen-bond acceptors (Lipinski definition) is 7. The van der Waals surface area contributed by atoms with Crippen molar-refractivity contribution in [2.75, 3.05) is 13.4 Å². The Morgan fingerprint density at radius 2 is 1.47 bits per heavy atom. The minimum Gasteiger partial charge on any atom is -0.497 e. The molecular weight excluding hydrogens is 460 g/mol. The summed E-state index contributed by atoms with van der Waals surface area (Å²) in [5, 5.41) is 12.0. The van der Waals surface area contributed by atoms with Crippen LogP contribution in [0.1, 0.15) is 21.5 Å². The summed E-state index contributed by atoms with van der Waals surface area (Å²) in [6, 6.07) is 15.2. The number of rotatable bonds is 9. The standard InChI is InChI=1S/C21H19ClN2O3S3/c1-27-16-9-5-14(6-10-16)12-30-19-17(20(25)26)18(23-21(24-19)28-2)29-11-13-3-7-15(22)8-4-13/h3-10H,11-12H2,1-2H3,(H,25,26). The predicted molar refractivity (Wildman–Crippen MR) is 124 cm³/mol. The largest absolute Gasteiger partial charge is 0.497 e. The number of nitrogens with zero attached hydrogens (tertiary/aromatic N) is 2. The third-order valence-corrected chi connectivity index (χ3v) is 6.93. The molecule has 3 rings (SSSR count). The van der Waals surface area contributed by atoms with E-state index in [9.17, 15) is 9.90 Å². The van der Waals surface area contributed by atoms with Gasteiger partial charge in [-0.25, -0.2) is 14.8 Å². The Balaban J connectivity index is 1.84. The van der Waals surface area contributed by atoms with Crippen LogP contribution in [0.15, 0.2) is 63.7 Å². The molecule has 30 heavy (non-hydrogen) atoms. The van der Waals surface area contributed by atoms with Gasteiger partial charge in [-0.2, -0.15) is 0 Å². The Morgan fingerprint density at radius 3 is 1.90 bits per heavy atom. The van der Waals surface area contributed by atoms with E-state index in [0.29, 0.717) is 31.7 Å². The lowest BCUT2D eigenvalue weighted by Gasteiger charge is -2.12. The molecule has 3 aromatic rings. The Labute approximate surface area is 193 Å². The van der Waals surface area contributed by atoms with E-state index < -0.39 is 5.97 Å². The van der Waals surface area contributed by atoms with Crippen molar-refractivity contribution in [1.29, 1.82) is 0 Å². The summed E-state index contributed by atoms with van der Waals surface area (Å²) in [4.78, 5) is 21.0. The second-order valence-electron chi connectivity index (χ2n) is 6.05. The molecule has 0 saturated heterocycles. The normalized spacial score (nSPS) is 10.8. The lowest BCUT2D eigenvalue weighted by atomic mass is 10.2. The quantitative estimate of drug-likeness (QED) is 0.223. The number of carboxylic acids is 1. The number of hydrogen-bond donors (Lipinski definition) is 1. The van der Waals surface area contributed by atoms with Gasteiger partial charge in [-0.3, -0.25) is 0 Å². The number of aromatic carboxylic acids is 1. The molecular formula is C21H19ClN2O3S3. The van der Waals surface area contributed by atoms with E-state index >= 15 is 0 Å². The van der Waals surface area contributed by atoms with Gasteiger partial charge in [0.1, 0.15) is 21.4 Å². The molecule has 0 aliphatic heterocycles. The fraction of sp³-hybridized carbons (Fsp3) is 0.190. The molecule has 0 bridgehead atoms. The van der Waals surface area contributed by atoms with E-state index in [4.69, 9.17) is 16.3 Å². The van der Waals surface area contributed by atoms with Crippen LogP contribution in [0.25, 0.3) is 0 Å². The van der Waals surface area contributed by atoms with Crippen molar-refractivity contribution in [3.8, 4) is 5.75 Å². The molecule has 0 unspecified atom stereocenters. The Morgan fingerprint density at radius 1 is 0.967 bits per heavy atom. The molecule has 0 spiro atoms. The Kier molecular flexibility index (Phi) is 8.32. The first-order valence-electron chi connectivity index (χ1n) is 8.82. The van der Waals surface area contributed by atoms with Gasteiger partial charge in [0, 0.05) is 16.5 Å². The minimum absolute atomic E-state index is 0.144. The zero-order valence-electron chi connectivity index (χ0n) is 16.3. The highest BCUT2D eigenvalue weighted by Gasteiger charge is 2.21. The third kappa shape index (κ3) is 6.07. The SMILES string of the molecule is COc1ccc(CSc2nc(SC)nc(SCc3ccc(Cl)cc3)c2C(=O)O)cc1. The second-order valence-corrected chi connectivity index (χ2v) is 9.19. The third-order valence-electron chi connectivity index (χ3n) is 4.04. The molecule has 1 heterocycles. The molecule has 9 heteroatoms. The van der Waals surface area contributed by atoms with Crippen LogP contribution in [0.3, 0.4) is 0 Å². The molecule has 1 N–H and O–H groups in total. The molecule has 0 aliphatic carbocycles. The maximum absolute atomic E-state index is 12.0. The average molecular weight is 479 g/mol. The topological polar surface area (TPSA) is 72.3 Å². The van der Waals surface area contributed by atoms with Crippen LogP contribution in [0.5, 0.6) is 5.75 Å². The van der Waals surface area contributed by atoms with Crippen LogP contribution in [0.2, 0.25) is 5.02 Å². The summed E-state index contributed by atoms with van der Waals surface area (Å²) < 4.78 is 5.18. The number of halogens is 1. The van der Waals surface area contributed by atoms with Crippen LogP contribution in [-0.2, 0) is 11.5 Å². The van der Waals surface area contributed by atoms with Crippen LogP contribution < -0.4 is 4.74 Å². The number of methoxy groups -OCH3 is 1. The van der Waals surface area contributed by atoms with E-state index in [1.54, 1.807) is 7.11 Å². The summed E-state index contributed by atoms with van der Waals surface area (Å²) in [5.74, 6) is 0.933. The molecule has 0 aliphatic rings. The van der Waals surface area contributed by atoms with Crippen molar-refractivity contribution in [2.45, 2.75) is 26.7 Å². The molecule has 2 aromatic carbocycles. The zero-order chi connectivity index (χ0) is 21.5. The van der Waals surface area contributed by atoms with Gasteiger partial charge in [0.15, 0.2) is 5.16 Å². The molecule has 0 saturated carbocycles. The highest BCUT2D eigenvalue weighted by atomic mass is 35.5. The summed E-state index contributed by atoms with van der Waals surface area (Å²) in [7, 11) is 1.62. The lowest BCUT2D eigenvalue weighted by Crippen LogP contribution is -2.07. The highest BCUT2D eigenvalue weighted by molar-refractivity contribution is 7.99. The molecule has 5 nitrogen and oxygen atoms in total. The van der Waals surface area contributed by atoms with Gasteiger partial charge in [-0.05, 0) is 41.6 Å². The first kappa shape index (κ1) is 22.8. The predicted octanol–water partition coefficient (Wildman–Crippen LogP) is 6.14. The van der Waals surface area contributed by atoms with Crippen LogP contribution >= 0.6 is 46.9 Å². The highest BCUT2D eigenvalue weighted by Crippen LogP contribution is 2.34. The van der Waals surface area contributed by atoms with Crippen LogP contribution in [-0.4, -0.2) is 34.4 Å². The summed E-state index contributed by atoms with van der Waals surface area (Å²) in [6.07, 6.45) is 1.88. The van der Waals surface area contributed by atoms with Gasteiger partial charge in [-0.1, -0.05) is 47.6 Å². The summed E-state index contributed by atoms with van der Waals surface area (Å²) in [6.45, 7) is 0. The van der Waals surface area contributed by atoms with E-state index in [2.05, 4.69) is 9.97 Å². The fourth-order valence-electron chi connectivity index (χ4n) is 2.49. The van der Waals surface area contributed by atoms with E-state index in [-0.39, 0.29) is 5.56 Å². The smallest absolute Gasteiger partial charge is 0.341 e. The summed E-state index contributed by atoms with van der Waals surface area (Å²) >= 11 is 10.1. The van der Waals surface area contributed by atoms with Crippen molar-refractivity contribution in [1.82, 2.24) is 9.97 Å². The fourth-order valence-corrected chi connectivity index (χ4v) is 5.11. The molecule has 1 aromatic heterocycles. The van der Waals surface area contributed by atoms with Crippen molar-refractivity contribution in [3.63, 3.8) is 0 Å². The van der Waals surface area contributed by atoms with Gasteiger partial charge in [0.2, 0.25) is 0 Å². The lowest BCUT2D eigenvalue weighted by molar-refractivity contribution is 0.0686. The second kappa shape index (κ2) is 10.9. The number of carbonyl (C=O) groups is 1. The maximum Gasteiger partial charge on any atom is 0.341 e. The van der Waals surface area contributed by atoms with Crippen LogP contribution in [0, 0.1) is 0 Å². The monoisotopic (exact) mass is 478 g/mol. The number of aromatic nitrogens is 2. The molecule has 0 fully saturated rings. The van der Waals surface area contributed by atoms with E-state index in [1.807, 2.05) is 54.8 Å². The van der Waals surface area contributed by atoms with Gasteiger partial charge >= 0.3 is 5.97 Å². The van der Waals surface area contributed by atoms with Crippen molar-refractivity contribution < 1.29 is 14.6 Å². The summed E-state index contributed by atoms with van der Waals surface area (Å²) in [5.41, 5.74) is 2.24. The van der Waals surface area contributed by atoms with E-state index in [1.165, 1.54) is 35.3 Å². The molecule has 0 radical (unpaired) electrons. The zero-order valence-corrected chi connectivity index (χ0v) is 19.5. The number of carboxylic acid groups (broad SMARTS) is 1. The van der Waals surface area contributed by atoms with Crippen LogP contribution in [0.4, 0.5) is 0 Å². The van der Waals surface area contributed by atoms with E-state index in [0.717, 1.165) is 16.9 Å². The first-order valence-corrected chi connectivity index (χ1v) is 12.4.